The van der Waals surface area contributed by atoms with Gasteiger partial charge in [0, 0.05) is 43.5 Å². The third kappa shape index (κ3) is 3.66. The van der Waals surface area contributed by atoms with Crippen LogP contribution in [0.1, 0.15) is 18.4 Å². The van der Waals surface area contributed by atoms with Crippen LogP contribution in [0.5, 0.6) is 5.75 Å². The molecule has 0 aliphatic carbocycles. The maximum absolute atomic E-state index is 12.5. The molecule has 3 aliphatic rings. The second-order valence-corrected chi connectivity index (χ2v) is 7.02. The zero-order chi connectivity index (χ0) is 18.8. The second-order valence-electron chi connectivity index (χ2n) is 7.02. The molecule has 140 valence electrons. The van der Waals surface area contributed by atoms with Gasteiger partial charge in [0.05, 0.1) is 6.61 Å². The van der Waals surface area contributed by atoms with E-state index in [1.165, 1.54) is 0 Å². The fraction of sp³-hybridized carbons (Fsp3) is 0.333. The molecule has 0 radical (unpaired) electrons. The van der Waals surface area contributed by atoms with Crippen LogP contribution in [0, 0.1) is 0 Å². The Bertz CT molecular complexity index is 869. The monoisotopic (exact) mass is 364 g/mol. The molecule has 3 heterocycles. The van der Waals surface area contributed by atoms with Crippen LogP contribution < -0.4 is 10.1 Å². The number of allylic oxidation sites excluding steroid dienone is 1. The number of fused-ring (bicyclic) bond motifs is 3. The number of benzene rings is 1. The van der Waals surface area contributed by atoms with Crippen LogP contribution >= 0.6 is 0 Å². The van der Waals surface area contributed by atoms with E-state index in [0.29, 0.717) is 25.3 Å². The molecule has 4 rings (SSSR count). The van der Waals surface area contributed by atoms with Crippen LogP contribution in [-0.2, 0) is 4.79 Å². The Labute approximate surface area is 159 Å². The van der Waals surface area contributed by atoms with Crippen LogP contribution in [0.4, 0.5) is 0 Å². The fourth-order valence-corrected chi connectivity index (χ4v) is 3.48. The lowest BCUT2D eigenvalue weighted by Crippen LogP contribution is -2.37. The molecule has 6 nitrogen and oxygen atoms in total. The molecule has 0 saturated carbocycles. The first kappa shape index (κ1) is 17.5. The number of amides is 1. The zero-order valence-electron chi connectivity index (χ0n) is 15.6. The maximum atomic E-state index is 12.5. The van der Waals surface area contributed by atoms with Crippen molar-refractivity contribution < 1.29 is 9.53 Å². The summed E-state index contributed by atoms with van der Waals surface area (Å²) in [5.74, 6) is 1.48. The van der Waals surface area contributed by atoms with E-state index < -0.39 is 0 Å². The lowest BCUT2D eigenvalue weighted by molar-refractivity contribution is -0.114. The molecular weight excluding hydrogens is 340 g/mol. The number of hydrogen-bond acceptors (Lipinski definition) is 5. The summed E-state index contributed by atoms with van der Waals surface area (Å²) in [6, 6.07) is 8.07. The number of ether oxygens (including phenoxy) is 1. The number of hydrogen-bond donors (Lipinski definition) is 1. The molecule has 1 N–H and O–H groups in total. The summed E-state index contributed by atoms with van der Waals surface area (Å²) in [4.78, 5) is 21.3. The highest BCUT2D eigenvalue weighted by Crippen LogP contribution is 2.40. The zero-order valence-corrected chi connectivity index (χ0v) is 15.6. The van der Waals surface area contributed by atoms with Gasteiger partial charge < -0.3 is 19.9 Å². The average Bonchev–Trinajstić information content (AvgIpc) is 3.01. The molecule has 0 atom stereocenters. The van der Waals surface area contributed by atoms with Crippen molar-refractivity contribution in [2.45, 2.75) is 12.8 Å². The highest BCUT2D eigenvalue weighted by atomic mass is 16.5. The van der Waals surface area contributed by atoms with Gasteiger partial charge in [0.15, 0.2) is 0 Å². The van der Waals surface area contributed by atoms with Gasteiger partial charge in [0.25, 0.3) is 5.91 Å². The van der Waals surface area contributed by atoms with Gasteiger partial charge >= 0.3 is 0 Å². The van der Waals surface area contributed by atoms with Crippen molar-refractivity contribution >= 4 is 17.2 Å². The lowest BCUT2D eigenvalue weighted by atomic mass is 10.0. The third-order valence-corrected chi connectivity index (χ3v) is 4.97. The van der Waals surface area contributed by atoms with Crippen LogP contribution in [0.25, 0.3) is 5.57 Å². The van der Waals surface area contributed by atoms with Crippen molar-refractivity contribution in [3.05, 3.63) is 60.2 Å². The van der Waals surface area contributed by atoms with Crippen molar-refractivity contribution in [3.63, 3.8) is 0 Å². The summed E-state index contributed by atoms with van der Waals surface area (Å²) >= 11 is 0. The van der Waals surface area contributed by atoms with Crippen molar-refractivity contribution in [2.75, 3.05) is 33.3 Å². The third-order valence-electron chi connectivity index (χ3n) is 4.97. The van der Waals surface area contributed by atoms with E-state index in [1.807, 2.05) is 36.3 Å². The van der Waals surface area contributed by atoms with E-state index in [0.717, 1.165) is 47.9 Å². The Hall–Kier alpha value is -2.86. The molecule has 1 aromatic rings. The van der Waals surface area contributed by atoms with E-state index in [2.05, 4.69) is 27.9 Å². The minimum Gasteiger partial charge on any atom is -0.494 e. The van der Waals surface area contributed by atoms with E-state index in [4.69, 9.17) is 4.74 Å². The molecule has 0 unspecified atom stereocenters. The normalized spacial score (nSPS) is 21.1. The van der Waals surface area contributed by atoms with Gasteiger partial charge in [0.2, 0.25) is 0 Å². The van der Waals surface area contributed by atoms with Gasteiger partial charge in [-0.15, -0.1) is 0 Å². The number of rotatable bonds is 0. The summed E-state index contributed by atoms with van der Waals surface area (Å²) in [7, 11) is 2.05. The topological polar surface area (TPSA) is 57.2 Å². The van der Waals surface area contributed by atoms with E-state index in [9.17, 15) is 4.79 Å². The first-order chi connectivity index (χ1) is 13.1. The first-order valence-electron chi connectivity index (χ1n) is 9.29. The number of nitrogens with zero attached hydrogens (tertiary/aromatic N) is 3. The van der Waals surface area contributed by atoms with Gasteiger partial charge in [-0.1, -0.05) is 18.7 Å². The summed E-state index contributed by atoms with van der Waals surface area (Å²) in [5.41, 5.74) is 3.49. The van der Waals surface area contributed by atoms with Crippen LogP contribution in [0.2, 0.25) is 0 Å². The van der Waals surface area contributed by atoms with E-state index in [-0.39, 0.29) is 5.91 Å². The number of carbonyl (C=O) groups is 1. The van der Waals surface area contributed by atoms with Gasteiger partial charge in [0.1, 0.15) is 17.3 Å². The van der Waals surface area contributed by atoms with Gasteiger partial charge in [-0.2, -0.15) is 0 Å². The molecule has 1 aromatic carbocycles. The molecule has 4 bridgehead atoms. The molecule has 27 heavy (non-hydrogen) atoms. The summed E-state index contributed by atoms with van der Waals surface area (Å²) in [5, 5.41) is 2.96. The Balaban J connectivity index is 1.72. The van der Waals surface area contributed by atoms with E-state index >= 15 is 0 Å². The van der Waals surface area contributed by atoms with Crippen molar-refractivity contribution in [1.29, 1.82) is 0 Å². The standard InChI is InChI=1S/C21H24N4O2/c1-15-13-18-16-5-3-6-17(14-16)27-12-4-9-24(2)11-8-22-21(26)19-7-10-25(15)20(18)23-19/h3,5-7,10,14H,1,4,8-9,11-13H2,2H3,(H,22,26). The summed E-state index contributed by atoms with van der Waals surface area (Å²) in [6.45, 7) is 7.10. The predicted octanol–water partition coefficient (Wildman–Crippen LogP) is 2.37. The SMILES string of the molecule is C=C1CC2=C3N=C(C=CN13)C(=O)NCCN(C)CCCOc1cccc2c1. The summed E-state index contributed by atoms with van der Waals surface area (Å²) < 4.78 is 5.94. The maximum Gasteiger partial charge on any atom is 0.270 e. The fourth-order valence-electron chi connectivity index (χ4n) is 3.48. The van der Waals surface area contributed by atoms with Crippen LogP contribution in [0.3, 0.4) is 0 Å². The first-order valence-corrected chi connectivity index (χ1v) is 9.29. The number of carbonyl (C=O) groups excluding carboxylic acids is 1. The molecule has 1 amide bonds. The Morgan fingerprint density at radius 2 is 2.19 bits per heavy atom. The molecule has 0 fully saturated rings. The number of nitrogens with one attached hydrogen (secondary N) is 1. The van der Waals surface area contributed by atoms with Gasteiger partial charge in [-0.25, -0.2) is 4.99 Å². The largest absolute Gasteiger partial charge is 0.494 e. The number of likely N-dealkylation sites (N-methyl/N-ethyl adjacent to an activating group) is 1. The van der Waals surface area contributed by atoms with E-state index in [1.54, 1.807) is 6.08 Å². The Morgan fingerprint density at radius 3 is 3.07 bits per heavy atom. The quantitative estimate of drug-likeness (QED) is 0.768. The minimum absolute atomic E-state index is 0.146. The number of aliphatic imine (C=N–C) groups is 1. The molecule has 3 aliphatic heterocycles. The molecule has 6 heteroatoms. The highest BCUT2D eigenvalue weighted by molar-refractivity contribution is 6.43. The van der Waals surface area contributed by atoms with Crippen molar-refractivity contribution in [3.8, 4) is 5.75 Å². The van der Waals surface area contributed by atoms with Crippen molar-refractivity contribution in [2.24, 2.45) is 4.99 Å². The molecule has 0 spiro atoms. The van der Waals surface area contributed by atoms with Gasteiger partial charge in [-0.3, -0.25) is 4.79 Å². The minimum atomic E-state index is -0.146. The van der Waals surface area contributed by atoms with Gasteiger partial charge in [-0.05, 0) is 37.2 Å². The molecular formula is C21H24N4O2. The van der Waals surface area contributed by atoms with Crippen molar-refractivity contribution in [1.82, 2.24) is 15.1 Å². The summed E-state index contributed by atoms with van der Waals surface area (Å²) in [6.07, 6.45) is 5.26. The molecule has 0 aromatic heterocycles. The predicted molar refractivity (Wildman–Crippen MR) is 106 cm³/mol. The van der Waals surface area contributed by atoms with Crippen LogP contribution in [-0.4, -0.2) is 54.7 Å². The second kappa shape index (κ2) is 7.40. The smallest absolute Gasteiger partial charge is 0.270 e. The highest BCUT2D eigenvalue weighted by Gasteiger charge is 2.29. The Kier molecular flexibility index (Phi) is 4.81. The van der Waals surface area contributed by atoms with Crippen LogP contribution in [0.15, 0.2) is 59.6 Å². The molecule has 0 saturated heterocycles. The average molecular weight is 364 g/mol. The Morgan fingerprint density at radius 1 is 1.30 bits per heavy atom. The lowest BCUT2D eigenvalue weighted by Gasteiger charge is -2.21.